The van der Waals surface area contributed by atoms with E-state index in [0.29, 0.717) is 33.8 Å². The van der Waals surface area contributed by atoms with Crippen LogP contribution in [0.2, 0.25) is 0 Å². The lowest BCUT2D eigenvalue weighted by atomic mass is 10.1. The van der Waals surface area contributed by atoms with E-state index in [9.17, 15) is 4.79 Å². The van der Waals surface area contributed by atoms with Crippen LogP contribution in [0, 0.1) is 0 Å². The molecule has 33 heavy (non-hydrogen) atoms. The topological polar surface area (TPSA) is 70.1 Å². The number of carbonyl (C=O) groups is 1. The number of para-hydroxylation sites is 1. The van der Waals surface area contributed by atoms with Gasteiger partial charge in [-0.1, -0.05) is 29.5 Å². The first-order valence-corrected chi connectivity index (χ1v) is 11.0. The number of methoxy groups -OCH3 is 4. The highest BCUT2D eigenvalue weighted by atomic mass is 32.1. The molecule has 4 aromatic rings. The van der Waals surface area contributed by atoms with Gasteiger partial charge >= 0.3 is 0 Å². The van der Waals surface area contributed by atoms with Crippen LogP contribution in [0.1, 0.15) is 5.56 Å². The van der Waals surface area contributed by atoms with Gasteiger partial charge in [-0.3, -0.25) is 9.69 Å². The fraction of sp³-hybridized carbons (Fsp3) is 0.200. The molecule has 0 unspecified atom stereocenters. The first kappa shape index (κ1) is 22.4. The van der Waals surface area contributed by atoms with Crippen molar-refractivity contribution < 1.29 is 23.7 Å². The average molecular weight is 465 g/mol. The lowest BCUT2D eigenvalue weighted by Gasteiger charge is -2.21. The third-order valence-corrected chi connectivity index (χ3v) is 6.14. The van der Waals surface area contributed by atoms with Gasteiger partial charge in [0, 0.05) is 6.07 Å². The van der Waals surface area contributed by atoms with Gasteiger partial charge in [0.15, 0.2) is 16.6 Å². The Morgan fingerprint density at radius 1 is 0.879 bits per heavy atom. The number of aromatic nitrogens is 1. The summed E-state index contributed by atoms with van der Waals surface area (Å²) in [6.45, 7) is 0. The van der Waals surface area contributed by atoms with Crippen molar-refractivity contribution >= 4 is 38.3 Å². The molecule has 0 spiro atoms. The normalized spacial score (nSPS) is 10.7. The highest BCUT2D eigenvalue weighted by molar-refractivity contribution is 7.22. The number of hydrogen-bond acceptors (Lipinski definition) is 7. The lowest BCUT2D eigenvalue weighted by molar-refractivity contribution is -0.117. The van der Waals surface area contributed by atoms with Gasteiger partial charge < -0.3 is 18.9 Å². The average Bonchev–Trinajstić information content (AvgIpc) is 3.27. The number of rotatable bonds is 8. The van der Waals surface area contributed by atoms with E-state index < -0.39 is 0 Å². The number of carbonyl (C=O) groups excluding carboxylic acids is 1. The van der Waals surface area contributed by atoms with Gasteiger partial charge in [-0.25, -0.2) is 4.98 Å². The Bertz CT molecular complexity index is 1230. The van der Waals surface area contributed by atoms with Gasteiger partial charge in [-0.05, 0) is 42.0 Å². The molecule has 0 fully saturated rings. The van der Waals surface area contributed by atoms with Gasteiger partial charge in [0.05, 0.1) is 50.8 Å². The van der Waals surface area contributed by atoms with E-state index in [-0.39, 0.29) is 12.3 Å². The number of hydrogen-bond donors (Lipinski definition) is 0. The van der Waals surface area contributed by atoms with Crippen LogP contribution >= 0.6 is 11.3 Å². The van der Waals surface area contributed by atoms with E-state index in [1.807, 2.05) is 48.5 Å². The Morgan fingerprint density at radius 2 is 1.61 bits per heavy atom. The van der Waals surface area contributed by atoms with Crippen molar-refractivity contribution in [2.24, 2.45) is 0 Å². The number of benzene rings is 3. The van der Waals surface area contributed by atoms with Crippen LogP contribution in [0.4, 0.5) is 10.8 Å². The number of ether oxygens (including phenoxy) is 4. The van der Waals surface area contributed by atoms with E-state index in [1.54, 1.807) is 45.5 Å². The van der Waals surface area contributed by atoms with E-state index in [2.05, 4.69) is 0 Å². The fourth-order valence-electron chi connectivity index (χ4n) is 3.56. The number of nitrogens with zero attached hydrogens (tertiary/aromatic N) is 2. The first-order valence-electron chi connectivity index (χ1n) is 10.2. The maximum absolute atomic E-state index is 13.7. The van der Waals surface area contributed by atoms with Crippen LogP contribution in [-0.4, -0.2) is 39.3 Å². The molecule has 1 aromatic heterocycles. The molecule has 4 rings (SSSR count). The van der Waals surface area contributed by atoms with Gasteiger partial charge in [0.25, 0.3) is 0 Å². The Morgan fingerprint density at radius 3 is 2.24 bits per heavy atom. The molecular formula is C25H24N2O5S. The molecule has 0 radical (unpaired) electrons. The largest absolute Gasteiger partial charge is 0.497 e. The van der Waals surface area contributed by atoms with Gasteiger partial charge in [-0.15, -0.1) is 0 Å². The molecule has 1 amide bonds. The zero-order valence-electron chi connectivity index (χ0n) is 18.8. The van der Waals surface area contributed by atoms with Crippen molar-refractivity contribution in [2.75, 3.05) is 33.3 Å². The predicted octanol–water partition coefficient (Wildman–Crippen LogP) is 5.24. The Kier molecular flexibility index (Phi) is 6.65. The number of fused-ring (bicyclic) bond motifs is 1. The monoisotopic (exact) mass is 464 g/mol. The maximum Gasteiger partial charge on any atom is 0.237 e. The van der Waals surface area contributed by atoms with Gasteiger partial charge in [-0.2, -0.15) is 0 Å². The molecule has 0 atom stereocenters. The second kappa shape index (κ2) is 9.79. The zero-order valence-corrected chi connectivity index (χ0v) is 19.6. The van der Waals surface area contributed by atoms with Crippen LogP contribution in [-0.2, 0) is 11.2 Å². The molecule has 8 heteroatoms. The molecule has 0 saturated carbocycles. The predicted molar refractivity (Wildman–Crippen MR) is 130 cm³/mol. The molecule has 0 aliphatic rings. The van der Waals surface area contributed by atoms with E-state index in [1.165, 1.54) is 11.3 Å². The zero-order chi connectivity index (χ0) is 23.4. The van der Waals surface area contributed by atoms with Crippen molar-refractivity contribution in [1.82, 2.24) is 4.98 Å². The van der Waals surface area contributed by atoms with Crippen molar-refractivity contribution in [3.63, 3.8) is 0 Å². The molecule has 0 N–H and O–H groups in total. The van der Waals surface area contributed by atoms with Crippen LogP contribution in [0.5, 0.6) is 23.0 Å². The van der Waals surface area contributed by atoms with Crippen LogP contribution < -0.4 is 23.8 Å². The van der Waals surface area contributed by atoms with Crippen LogP contribution in [0.15, 0.2) is 60.7 Å². The summed E-state index contributed by atoms with van der Waals surface area (Å²) in [7, 11) is 6.24. The van der Waals surface area contributed by atoms with Crippen LogP contribution in [0.25, 0.3) is 10.2 Å². The summed E-state index contributed by atoms with van der Waals surface area (Å²) in [6, 6.07) is 18.7. The van der Waals surface area contributed by atoms with Crippen LogP contribution in [0.3, 0.4) is 0 Å². The van der Waals surface area contributed by atoms with Crippen molar-refractivity contribution in [1.29, 1.82) is 0 Å². The van der Waals surface area contributed by atoms with Gasteiger partial charge in [0.2, 0.25) is 11.7 Å². The quantitative estimate of drug-likeness (QED) is 0.355. The Hall–Kier alpha value is -3.78. The fourth-order valence-corrected chi connectivity index (χ4v) is 4.56. The number of amides is 1. The summed E-state index contributed by atoms with van der Waals surface area (Å²) in [5.41, 5.74) is 2.24. The third kappa shape index (κ3) is 4.56. The lowest BCUT2D eigenvalue weighted by Crippen LogP contribution is -2.27. The minimum atomic E-state index is -0.156. The summed E-state index contributed by atoms with van der Waals surface area (Å²) < 4.78 is 22.7. The molecule has 0 aliphatic heterocycles. The third-order valence-electron chi connectivity index (χ3n) is 5.11. The molecule has 0 aliphatic carbocycles. The minimum absolute atomic E-state index is 0.101. The van der Waals surface area contributed by atoms with Crippen molar-refractivity contribution in [3.05, 3.63) is 66.2 Å². The Labute approximate surface area is 196 Å². The molecule has 3 aromatic carbocycles. The first-order chi connectivity index (χ1) is 16.1. The molecule has 7 nitrogen and oxygen atoms in total. The highest BCUT2D eigenvalue weighted by Crippen LogP contribution is 2.39. The summed E-state index contributed by atoms with van der Waals surface area (Å²) in [6.07, 6.45) is 0.101. The smallest absolute Gasteiger partial charge is 0.237 e. The Balaban J connectivity index is 1.76. The second-order valence-electron chi connectivity index (χ2n) is 7.11. The standard InChI is InChI=1S/C25H24N2O5S/c1-29-18-9-7-8-17(15-18)27(25-26-19-10-5-6-11-22(19)33-25)23(28)14-16-12-20(30-2)24(32-4)21(13-16)31-3/h5-13,15H,14H2,1-4H3. The molecule has 1 heterocycles. The molecular weight excluding hydrogens is 440 g/mol. The highest BCUT2D eigenvalue weighted by Gasteiger charge is 2.24. The van der Waals surface area contributed by atoms with Crippen molar-refractivity contribution in [2.45, 2.75) is 6.42 Å². The number of thiazole rings is 1. The molecule has 0 bridgehead atoms. The minimum Gasteiger partial charge on any atom is -0.497 e. The molecule has 0 saturated heterocycles. The number of anilines is 2. The summed E-state index contributed by atoms with van der Waals surface area (Å²) in [5.74, 6) is 1.96. The summed E-state index contributed by atoms with van der Waals surface area (Å²) in [5, 5.41) is 0.585. The SMILES string of the molecule is COc1cccc(N(C(=O)Cc2cc(OC)c(OC)c(OC)c2)c2nc3ccccc3s2)c1. The second-order valence-corrected chi connectivity index (χ2v) is 8.11. The van der Waals surface area contributed by atoms with Crippen molar-refractivity contribution in [3.8, 4) is 23.0 Å². The van der Waals surface area contributed by atoms with E-state index in [0.717, 1.165) is 15.8 Å². The maximum atomic E-state index is 13.7. The van der Waals surface area contributed by atoms with E-state index >= 15 is 0 Å². The summed E-state index contributed by atoms with van der Waals surface area (Å²) >= 11 is 1.46. The molecule has 170 valence electrons. The van der Waals surface area contributed by atoms with Gasteiger partial charge in [0.1, 0.15) is 5.75 Å². The summed E-state index contributed by atoms with van der Waals surface area (Å²) in [4.78, 5) is 20.0. The van der Waals surface area contributed by atoms with E-state index in [4.69, 9.17) is 23.9 Å².